The smallest absolute Gasteiger partial charge is 0.320 e. The lowest BCUT2D eigenvalue weighted by Gasteiger charge is -2.19. The number of carboxylic acid groups (broad SMARTS) is 2. The number of nitrogens with one attached hydrogen (secondary N) is 1. The van der Waals surface area contributed by atoms with E-state index in [-0.39, 0.29) is 33.0 Å². The maximum Gasteiger partial charge on any atom is 0.320 e. The molecule has 0 spiro atoms. The third kappa shape index (κ3) is 15.3. The standard InChI is InChI=1S/C55H55Cl2N5O8S2/c1-34-42(32-69-52-21-50(67-30-38-17-36(23-58)25-60-27-38)41(19-47(52)56)12-11-40(54(63)64)13-15-71-3)7-5-9-45(34)46-10-6-8-43(35(46)2)33-70-53-22-51(68-31-39-18-37(24-59)26-61-28-39)44(20-48(53)57)29-62-49(55(65)66)14-16-72-4/h5-10,17-22,25-28,40,49,62H,11-16,29-33H2,1-4H3,(H,63,64)(H,65,66). The van der Waals surface area contributed by atoms with E-state index in [0.717, 1.165) is 44.7 Å². The Labute approximate surface area is 438 Å². The van der Waals surface area contributed by atoms with Crippen molar-refractivity contribution in [2.75, 3.05) is 24.0 Å². The summed E-state index contributed by atoms with van der Waals surface area (Å²) in [5.41, 5.74) is 9.41. The van der Waals surface area contributed by atoms with Crippen LogP contribution in [0.2, 0.25) is 10.0 Å². The molecule has 6 aromatic rings. The van der Waals surface area contributed by atoms with E-state index in [0.29, 0.717) is 92.3 Å². The molecule has 4 aromatic carbocycles. The van der Waals surface area contributed by atoms with Crippen LogP contribution in [0.25, 0.3) is 11.1 Å². The number of benzene rings is 4. The van der Waals surface area contributed by atoms with Crippen molar-refractivity contribution in [1.82, 2.24) is 15.3 Å². The summed E-state index contributed by atoms with van der Waals surface area (Å²) in [4.78, 5) is 32.4. The summed E-state index contributed by atoms with van der Waals surface area (Å²) >= 11 is 16.9. The van der Waals surface area contributed by atoms with E-state index < -0.39 is 23.9 Å². The normalized spacial score (nSPS) is 11.8. The van der Waals surface area contributed by atoms with Crippen LogP contribution in [0.4, 0.5) is 0 Å². The van der Waals surface area contributed by atoms with Gasteiger partial charge < -0.3 is 34.5 Å². The van der Waals surface area contributed by atoms with Crippen LogP contribution in [0.5, 0.6) is 23.0 Å². The second-order valence-electron chi connectivity index (χ2n) is 16.9. The minimum Gasteiger partial charge on any atom is -0.488 e. The first-order chi connectivity index (χ1) is 34.8. The summed E-state index contributed by atoms with van der Waals surface area (Å²) in [5, 5.41) is 42.4. The van der Waals surface area contributed by atoms with Crippen molar-refractivity contribution >= 4 is 58.7 Å². The van der Waals surface area contributed by atoms with Crippen molar-refractivity contribution in [3.8, 4) is 46.3 Å². The lowest BCUT2D eigenvalue weighted by atomic mass is 9.92. The number of ether oxygens (including phenoxy) is 4. The van der Waals surface area contributed by atoms with Crippen molar-refractivity contribution in [1.29, 1.82) is 10.5 Å². The number of nitrogens with zero attached hydrogens (tertiary/aromatic N) is 4. The Kier molecular flexibility index (Phi) is 20.9. The zero-order chi connectivity index (χ0) is 51.6. The van der Waals surface area contributed by atoms with Crippen LogP contribution >= 0.6 is 46.7 Å². The molecule has 0 aliphatic carbocycles. The highest BCUT2D eigenvalue weighted by atomic mass is 35.5. The first-order valence-corrected chi connectivity index (χ1v) is 26.5. The summed E-state index contributed by atoms with van der Waals surface area (Å²) in [5.74, 6) is 0.796. The van der Waals surface area contributed by atoms with Crippen LogP contribution in [0, 0.1) is 42.4 Å². The van der Waals surface area contributed by atoms with Crippen molar-refractivity contribution in [3.05, 3.63) is 163 Å². The Bertz CT molecular complexity index is 2750. The molecule has 0 aliphatic heterocycles. The van der Waals surface area contributed by atoms with Gasteiger partial charge in [0.25, 0.3) is 0 Å². The summed E-state index contributed by atoms with van der Waals surface area (Å²) < 4.78 is 25.4. The maximum atomic E-state index is 12.1. The molecular weight excluding hydrogens is 994 g/mol. The number of pyridine rings is 2. The average molecular weight is 1050 g/mol. The number of nitriles is 2. The molecule has 13 nitrogen and oxygen atoms in total. The number of carboxylic acids is 2. The van der Waals surface area contributed by atoms with Crippen molar-refractivity contribution < 1.29 is 38.7 Å². The topological polar surface area (TPSA) is 197 Å². The molecular formula is C55H55Cl2N5O8S2. The molecule has 2 heterocycles. The van der Waals surface area contributed by atoms with Crippen LogP contribution < -0.4 is 24.3 Å². The van der Waals surface area contributed by atoms with Crippen molar-refractivity contribution in [2.24, 2.45) is 5.92 Å². The highest BCUT2D eigenvalue weighted by Crippen LogP contribution is 2.38. The van der Waals surface area contributed by atoms with Crippen LogP contribution in [0.3, 0.4) is 0 Å². The number of carbonyl (C=O) groups is 2. The van der Waals surface area contributed by atoms with Gasteiger partial charge in [-0.1, -0.05) is 59.6 Å². The molecule has 3 N–H and O–H groups in total. The summed E-state index contributed by atoms with van der Waals surface area (Å²) in [6.07, 6.45) is 11.9. The fourth-order valence-corrected chi connectivity index (χ4v) is 9.36. The molecule has 0 bridgehead atoms. The molecule has 2 unspecified atom stereocenters. The number of hydrogen-bond acceptors (Lipinski definition) is 13. The Morgan fingerprint density at radius 1 is 0.625 bits per heavy atom. The highest BCUT2D eigenvalue weighted by Gasteiger charge is 2.22. The first-order valence-electron chi connectivity index (χ1n) is 23.0. The van der Waals surface area contributed by atoms with E-state index in [1.54, 1.807) is 72.3 Å². The Morgan fingerprint density at radius 2 is 1.11 bits per heavy atom. The number of aryl methyl sites for hydroxylation is 1. The van der Waals surface area contributed by atoms with Gasteiger partial charge in [-0.05, 0) is 127 Å². The number of halogens is 2. The molecule has 17 heteroatoms. The van der Waals surface area contributed by atoms with Crippen LogP contribution in [-0.4, -0.2) is 62.2 Å². The fraction of sp³-hybridized carbons (Fsp3) is 0.309. The number of rotatable bonds is 27. The van der Waals surface area contributed by atoms with Gasteiger partial charge in [-0.3, -0.25) is 19.6 Å². The van der Waals surface area contributed by atoms with Gasteiger partial charge in [0.1, 0.15) is 67.6 Å². The van der Waals surface area contributed by atoms with Gasteiger partial charge in [0.15, 0.2) is 0 Å². The minimum atomic E-state index is -0.949. The van der Waals surface area contributed by atoms with E-state index in [4.69, 9.17) is 42.1 Å². The third-order valence-corrected chi connectivity index (χ3v) is 13.9. The van der Waals surface area contributed by atoms with E-state index in [1.807, 2.05) is 50.6 Å². The summed E-state index contributed by atoms with van der Waals surface area (Å²) in [6, 6.07) is 25.8. The molecule has 0 radical (unpaired) electrons. The highest BCUT2D eigenvalue weighted by molar-refractivity contribution is 7.98. The van der Waals surface area contributed by atoms with Gasteiger partial charge in [0.2, 0.25) is 0 Å². The predicted molar refractivity (Wildman–Crippen MR) is 283 cm³/mol. The lowest BCUT2D eigenvalue weighted by molar-refractivity contribution is -0.142. The number of aromatic nitrogens is 2. The summed E-state index contributed by atoms with van der Waals surface area (Å²) in [7, 11) is 0. The van der Waals surface area contributed by atoms with Gasteiger partial charge in [-0.15, -0.1) is 0 Å². The van der Waals surface area contributed by atoms with E-state index in [2.05, 4.69) is 39.6 Å². The number of thioether (sulfide) groups is 2. The molecule has 0 saturated heterocycles. The molecule has 2 atom stereocenters. The number of aliphatic carboxylic acids is 2. The molecule has 0 amide bonds. The van der Waals surface area contributed by atoms with Gasteiger partial charge in [-0.2, -0.15) is 34.0 Å². The Hall–Kier alpha value is -6.46. The van der Waals surface area contributed by atoms with Crippen molar-refractivity contribution in [3.63, 3.8) is 0 Å². The minimum absolute atomic E-state index is 0.0958. The molecule has 6 rings (SSSR count). The molecule has 0 fully saturated rings. The van der Waals surface area contributed by atoms with E-state index in [9.17, 15) is 30.3 Å². The fourth-order valence-electron chi connectivity index (χ4n) is 7.89. The molecule has 0 aliphatic rings. The zero-order valence-electron chi connectivity index (χ0n) is 40.4. The van der Waals surface area contributed by atoms with Crippen molar-refractivity contribution in [2.45, 2.75) is 78.5 Å². The Balaban J connectivity index is 1.21. The van der Waals surface area contributed by atoms with Gasteiger partial charge in [0.05, 0.1) is 27.1 Å². The van der Waals surface area contributed by atoms with E-state index >= 15 is 0 Å². The maximum absolute atomic E-state index is 12.1. The predicted octanol–water partition coefficient (Wildman–Crippen LogP) is 11.8. The molecule has 374 valence electrons. The SMILES string of the molecule is CSCCC(CCc1cc(Cl)c(OCc2cccc(-c3cccc(COc4cc(OCc5cncc(C#N)c5)c(CNC(CCSC)C(=O)O)cc4Cl)c3C)c2C)cc1OCc1cncc(C#N)c1)C(=O)O. The largest absolute Gasteiger partial charge is 0.488 e. The van der Waals surface area contributed by atoms with Crippen LogP contribution in [0.15, 0.2) is 97.6 Å². The molecule has 0 saturated carbocycles. The van der Waals surface area contributed by atoms with Gasteiger partial charge >= 0.3 is 11.9 Å². The van der Waals surface area contributed by atoms with E-state index in [1.165, 1.54) is 12.4 Å². The monoisotopic (exact) mass is 1050 g/mol. The zero-order valence-corrected chi connectivity index (χ0v) is 43.5. The first kappa shape index (κ1) is 54.9. The third-order valence-electron chi connectivity index (χ3n) is 12.0. The lowest BCUT2D eigenvalue weighted by Crippen LogP contribution is -2.36. The Morgan fingerprint density at radius 3 is 1.60 bits per heavy atom. The summed E-state index contributed by atoms with van der Waals surface area (Å²) in [6.45, 7) is 4.83. The van der Waals surface area contributed by atoms with Crippen LogP contribution in [-0.2, 0) is 49.0 Å². The second-order valence-corrected chi connectivity index (χ2v) is 19.7. The molecule has 2 aromatic heterocycles. The number of hydrogen-bond donors (Lipinski definition) is 3. The van der Waals surface area contributed by atoms with Crippen LogP contribution in [0.1, 0.15) is 74.9 Å². The molecule has 72 heavy (non-hydrogen) atoms. The second kappa shape index (κ2) is 27.4. The quantitative estimate of drug-likeness (QED) is 0.0440. The van der Waals surface area contributed by atoms with Gasteiger partial charge in [0, 0.05) is 60.2 Å². The van der Waals surface area contributed by atoms with Gasteiger partial charge in [-0.25, -0.2) is 0 Å². The average Bonchev–Trinajstić information content (AvgIpc) is 3.38.